The molecule has 1 aliphatic rings. The second-order valence-corrected chi connectivity index (χ2v) is 5.71. The van der Waals surface area contributed by atoms with Gasteiger partial charge >= 0.3 is 0 Å². The highest BCUT2D eigenvalue weighted by Gasteiger charge is 2.49. The Balaban J connectivity index is 1.95. The maximum Gasteiger partial charge on any atom is 0.270 e. The Morgan fingerprint density at radius 2 is 2.25 bits per heavy atom. The number of ether oxygens (including phenoxy) is 1. The molecular weight excluding hydrogens is 254 g/mol. The van der Waals surface area contributed by atoms with E-state index in [-0.39, 0.29) is 23.5 Å². The summed E-state index contributed by atoms with van der Waals surface area (Å²) in [7, 11) is 1.82. The monoisotopic (exact) mass is 277 g/mol. The molecule has 110 valence electrons. The van der Waals surface area contributed by atoms with Crippen molar-refractivity contribution in [3.63, 3.8) is 0 Å². The van der Waals surface area contributed by atoms with E-state index in [1.54, 1.807) is 12.3 Å². The molecule has 0 spiro atoms. The van der Waals surface area contributed by atoms with Gasteiger partial charge in [-0.3, -0.25) is 4.79 Å². The standard InChI is InChI=1S/C15H23N3O2/c1-5-20-13-8-12(15(13,2)3)18-14(19)11-7-6-10(16-4)9-17-11/h6-7,9,12-13,16H,5,8H2,1-4H3,(H,18,19). The molecule has 1 aliphatic carbocycles. The van der Waals surface area contributed by atoms with Crippen LogP contribution in [0.15, 0.2) is 18.3 Å². The van der Waals surface area contributed by atoms with Crippen molar-refractivity contribution in [2.45, 2.75) is 39.3 Å². The second kappa shape index (κ2) is 5.79. The van der Waals surface area contributed by atoms with Crippen LogP contribution in [0.25, 0.3) is 0 Å². The molecule has 2 N–H and O–H groups in total. The average Bonchev–Trinajstić information content (AvgIpc) is 2.46. The Labute approximate surface area is 120 Å². The number of nitrogens with one attached hydrogen (secondary N) is 2. The summed E-state index contributed by atoms with van der Waals surface area (Å²) in [6.07, 6.45) is 2.74. The van der Waals surface area contributed by atoms with Gasteiger partial charge in [0.25, 0.3) is 5.91 Å². The fourth-order valence-corrected chi connectivity index (χ4v) is 2.52. The molecule has 20 heavy (non-hydrogen) atoms. The maximum absolute atomic E-state index is 12.2. The van der Waals surface area contributed by atoms with E-state index < -0.39 is 0 Å². The van der Waals surface area contributed by atoms with Crippen LogP contribution in [-0.2, 0) is 4.74 Å². The van der Waals surface area contributed by atoms with Crippen LogP contribution in [-0.4, -0.2) is 36.7 Å². The molecule has 5 nitrogen and oxygen atoms in total. The van der Waals surface area contributed by atoms with Crippen LogP contribution in [0.1, 0.15) is 37.7 Å². The van der Waals surface area contributed by atoms with Crippen molar-refractivity contribution in [1.29, 1.82) is 0 Å². The Morgan fingerprint density at radius 3 is 2.75 bits per heavy atom. The van der Waals surface area contributed by atoms with Gasteiger partial charge in [0.15, 0.2) is 0 Å². The highest BCUT2D eigenvalue weighted by molar-refractivity contribution is 5.92. The summed E-state index contributed by atoms with van der Waals surface area (Å²) in [4.78, 5) is 16.3. The van der Waals surface area contributed by atoms with Crippen LogP contribution in [0.5, 0.6) is 0 Å². The summed E-state index contributed by atoms with van der Waals surface area (Å²) >= 11 is 0. The van der Waals surface area contributed by atoms with Crippen molar-refractivity contribution in [2.24, 2.45) is 5.41 Å². The SMILES string of the molecule is CCOC1CC(NC(=O)c2ccc(NC)cn2)C1(C)C. The lowest BCUT2D eigenvalue weighted by Gasteiger charge is -2.51. The third kappa shape index (κ3) is 2.77. The second-order valence-electron chi connectivity index (χ2n) is 5.71. The molecule has 0 aromatic carbocycles. The molecule has 0 saturated heterocycles. The van der Waals surface area contributed by atoms with Gasteiger partial charge in [-0.2, -0.15) is 0 Å². The molecule has 1 aromatic rings. The van der Waals surface area contributed by atoms with Crippen LogP contribution in [0.2, 0.25) is 0 Å². The molecule has 1 saturated carbocycles. The van der Waals surface area contributed by atoms with E-state index in [9.17, 15) is 4.79 Å². The lowest BCUT2D eigenvalue weighted by Crippen LogP contribution is -2.62. The zero-order chi connectivity index (χ0) is 14.8. The number of pyridine rings is 1. The number of hydrogen-bond donors (Lipinski definition) is 2. The topological polar surface area (TPSA) is 63.2 Å². The van der Waals surface area contributed by atoms with Gasteiger partial charge in [-0.15, -0.1) is 0 Å². The zero-order valence-corrected chi connectivity index (χ0v) is 12.6. The Kier molecular flexibility index (Phi) is 4.28. The van der Waals surface area contributed by atoms with Crippen molar-refractivity contribution in [3.05, 3.63) is 24.0 Å². The van der Waals surface area contributed by atoms with E-state index in [0.717, 1.165) is 12.1 Å². The molecular formula is C15H23N3O2. The van der Waals surface area contributed by atoms with Crippen molar-refractivity contribution in [1.82, 2.24) is 10.3 Å². The predicted molar refractivity (Wildman–Crippen MR) is 78.8 cm³/mol. The Bertz CT molecular complexity index is 471. The van der Waals surface area contributed by atoms with Crippen LogP contribution in [0, 0.1) is 5.41 Å². The number of hydrogen-bond acceptors (Lipinski definition) is 4. The smallest absolute Gasteiger partial charge is 0.270 e. The van der Waals surface area contributed by atoms with E-state index in [1.165, 1.54) is 0 Å². The van der Waals surface area contributed by atoms with Gasteiger partial charge < -0.3 is 15.4 Å². The molecule has 1 aromatic heterocycles. The average molecular weight is 277 g/mol. The first-order valence-corrected chi connectivity index (χ1v) is 7.05. The molecule has 0 radical (unpaired) electrons. The van der Waals surface area contributed by atoms with Crippen molar-refractivity contribution in [2.75, 3.05) is 19.0 Å². The summed E-state index contributed by atoms with van der Waals surface area (Å²) in [6, 6.07) is 3.71. The summed E-state index contributed by atoms with van der Waals surface area (Å²) < 4.78 is 5.67. The number of carbonyl (C=O) groups excluding carboxylic acids is 1. The molecule has 2 rings (SSSR count). The quantitative estimate of drug-likeness (QED) is 0.864. The number of nitrogens with zero attached hydrogens (tertiary/aromatic N) is 1. The molecule has 1 heterocycles. The fraction of sp³-hybridized carbons (Fsp3) is 0.600. The first-order chi connectivity index (χ1) is 9.48. The molecule has 2 atom stereocenters. The third-order valence-electron chi connectivity index (χ3n) is 4.14. The number of aromatic nitrogens is 1. The van der Waals surface area contributed by atoms with E-state index in [2.05, 4.69) is 29.5 Å². The van der Waals surface area contributed by atoms with Gasteiger partial charge in [-0.25, -0.2) is 4.98 Å². The van der Waals surface area contributed by atoms with Gasteiger partial charge in [0.2, 0.25) is 0 Å². The Morgan fingerprint density at radius 1 is 1.50 bits per heavy atom. The Hall–Kier alpha value is -1.62. The highest BCUT2D eigenvalue weighted by atomic mass is 16.5. The minimum atomic E-state index is -0.124. The molecule has 1 fully saturated rings. The number of anilines is 1. The third-order valence-corrected chi connectivity index (χ3v) is 4.14. The van der Waals surface area contributed by atoms with Crippen molar-refractivity contribution < 1.29 is 9.53 Å². The lowest BCUT2D eigenvalue weighted by molar-refractivity contribution is -0.111. The minimum absolute atomic E-state index is 0.0312. The molecule has 1 amide bonds. The minimum Gasteiger partial charge on any atom is -0.387 e. The van der Waals surface area contributed by atoms with E-state index in [0.29, 0.717) is 12.3 Å². The maximum atomic E-state index is 12.2. The van der Waals surface area contributed by atoms with Gasteiger partial charge in [0.1, 0.15) is 5.69 Å². The number of carbonyl (C=O) groups is 1. The fourth-order valence-electron chi connectivity index (χ4n) is 2.52. The summed E-state index contributed by atoms with van der Waals surface area (Å²) in [5.74, 6) is -0.124. The largest absolute Gasteiger partial charge is 0.387 e. The van der Waals surface area contributed by atoms with Gasteiger partial charge in [0.05, 0.1) is 18.0 Å². The van der Waals surface area contributed by atoms with Gasteiger partial charge in [0, 0.05) is 25.1 Å². The summed E-state index contributed by atoms with van der Waals surface area (Å²) in [5, 5.41) is 6.03. The van der Waals surface area contributed by atoms with Crippen LogP contribution in [0.3, 0.4) is 0 Å². The first-order valence-electron chi connectivity index (χ1n) is 7.05. The van der Waals surface area contributed by atoms with Crippen LogP contribution >= 0.6 is 0 Å². The van der Waals surface area contributed by atoms with Crippen LogP contribution in [0.4, 0.5) is 5.69 Å². The summed E-state index contributed by atoms with van der Waals surface area (Å²) in [5.41, 5.74) is 1.30. The highest BCUT2D eigenvalue weighted by Crippen LogP contribution is 2.42. The van der Waals surface area contributed by atoms with E-state index in [1.807, 2.05) is 20.0 Å². The summed E-state index contributed by atoms with van der Waals surface area (Å²) in [6.45, 7) is 6.95. The lowest BCUT2D eigenvalue weighted by atomic mass is 9.64. The van der Waals surface area contributed by atoms with Crippen LogP contribution < -0.4 is 10.6 Å². The molecule has 5 heteroatoms. The molecule has 0 bridgehead atoms. The van der Waals surface area contributed by atoms with E-state index >= 15 is 0 Å². The normalized spacial score (nSPS) is 23.8. The number of rotatable bonds is 5. The van der Waals surface area contributed by atoms with Gasteiger partial charge in [-0.05, 0) is 25.5 Å². The predicted octanol–water partition coefficient (Wildman–Crippen LogP) is 2.06. The zero-order valence-electron chi connectivity index (χ0n) is 12.6. The van der Waals surface area contributed by atoms with Gasteiger partial charge in [-0.1, -0.05) is 13.8 Å². The van der Waals surface area contributed by atoms with Crippen molar-refractivity contribution >= 4 is 11.6 Å². The molecule has 0 aliphatic heterocycles. The number of amides is 1. The molecule has 2 unspecified atom stereocenters. The van der Waals surface area contributed by atoms with Crippen molar-refractivity contribution in [3.8, 4) is 0 Å². The first kappa shape index (κ1) is 14.8. The van der Waals surface area contributed by atoms with E-state index in [4.69, 9.17) is 4.74 Å².